The number of alkyl halides is 3. The van der Waals surface area contributed by atoms with Gasteiger partial charge in [0, 0.05) is 25.1 Å². The molecule has 0 spiro atoms. The fourth-order valence-corrected chi connectivity index (χ4v) is 5.06. The number of halogens is 3. The van der Waals surface area contributed by atoms with E-state index in [0.29, 0.717) is 21.9 Å². The van der Waals surface area contributed by atoms with Crippen molar-refractivity contribution in [1.29, 1.82) is 0 Å². The molecule has 0 radical (unpaired) electrons. The molecule has 2 aromatic rings. The number of hydrogen-bond donors (Lipinski definition) is 1. The Morgan fingerprint density at radius 1 is 1.34 bits per heavy atom. The van der Waals surface area contributed by atoms with E-state index in [1.54, 1.807) is 4.90 Å². The van der Waals surface area contributed by atoms with E-state index in [4.69, 9.17) is 0 Å². The molecule has 2 atom stereocenters. The van der Waals surface area contributed by atoms with Gasteiger partial charge in [0.1, 0.15) is 5.75 Å². The van der Waals surface area contributed by atoms with Crippen molar-refractivity contribution in [2.24, 2.45) is 5.92 Å². The van der Waals surface area contributed by atoms with Crippen LogP contribution in [-0.4, -0.2) is 65.7 Å². The molecule has 1 aliphatic heterocycles. The minimum Gasteiger partial charge on any atom is -0.406 e. The van der Waals surface area contributed by atoms with Crippen molar-refractivity contribution in [1.82, 2.24) is 14.8 Å². The maximum absolute atomic E-state index is 13.1. The van der Waals surface area contributed by atoms with Crippen LogP contribution in [0.1, 0.15) is 33.1 Å². The van der Waals surface area contributed by atoms with E-state index in [0.717, 1.165) is 24.2 Å². The van der Waals surface area contributed by atoms with Crippen LogP contribution in [0.25, 0.3) is 10.2 Å². The Morgan fingerprint density at radius 3 is 2.69 bits per heavy atom. The number of carbonyl (C=O) groups is 2. The number of nitrogens with zero attached hydrogens (tertiary/aromatic N) is 3. The second-order valence-electron chi connectivity index (χ2n) is 8.43. The molecule has 11 heteroatoms. The Balaban J connectivity index is 1.65. The highest BCUT2D eigenvalue weighted by Gasteiger charge is 2.36. The molecule has 2 heterocycles. The number of fused-ring (bicyclic) bond motifs is 1. The minimum absolute atomic E-state index is 0.0254. The molecule has 0 aliphatic carbocycles. The molecule has 32 heavy (non-hydrogen) atoms. The SMILES string of the molecule is CC(C)[C@@H](C(=O)N1CCC[C@@H]1CC(=O)Nc1nc2ccc(OC(F)(F)F)cc2s1)N(C)C. The largest absolute Gasteiger partial charge is 0.573 e. The van der Waals surface area contributed by atoms with Crippen LogP contribution < -0.4 is 10.1 Å². The summed E-state index contributed by atoms with van der Waals surface area (Å²) in [5.41, 5.74) is 0.461. The number of carbonyl (C=O) groups excluding carboxylic acids is 2. The molecule has 2 amide bonds. The van der Waals surface area contributed by atoms with Gasteiger partial charge in [0.15, 0.2) is 5.13 Å². The summed E-state index contributed by atoms with van der Waals surface area (Å²) in [7, 11) is 3.75. The Hall–Kier alpha value is -2.40. The summed E-state index contributed by atoms with van der Waals surface area (Å²) in [5, 5.41) is 3.01. The maximum atomic E-state index is 13.1. The van der Waals surface area contributed by atoms with Gasteiger partial charge in [-0.1, -0.05) is 25.2 Å². The van der Waals surface area contributed by atoms with Gasteiger partial charge in [-0.05, 0) is 45.0 Å². The summed E-state index contributed by atoms with van der Waals surface area (Å²) in [6, 6.07) is 3.38. The first-order chi connectivity index (χ1) is 14.9. The van der Waals surface area contributed by atoms with Crippen molar-refractivity contribution in [2.75, 3.05) is 26.0 Å². The molecule has 0 bridgehead atoms. The second kappa shape index (κ2) is 9.62. The van der Waals surface area contributed by atoms with Gasteiger partial charge < -0.3 is 15.0 Å². The Labute approximate surface area is 188 Å². The number of likely N-dealkylation sites (tertiary alicyclic amines) is 1. The van der Waals surface area contributed by atoms with Crippen LogP contribution in [-0.2, 0) is 9.59 Å². The van der Waals surface area contributed by atoms with Gasteiger partial charge in [0.25, 0.3) is 0 Å². The number of rotatable bonds is 7. The van der Waals surface area contributed by atoms with E-state index in [1.165, 1.54) is 18.2 Å². The highest BCUT2D eigenvalue weighted by Crippen LogP contribution is 2.32. The molecular weight excluding hydrogens is 445 g/mol. The number of likely N-dealkylation sites (N-methyl/N-ethyl adjacent to an activating group) is 1. The van der Waals surface area contributed by atoms with Gasteiger partial charge in [0.05, 0.1) is 16.3 Å². The van der Waals surface area contributed by atoms with Crippen molar-refractivity contribution in [3.63, 3.8) is 0 Å². The lowest BCUT2D eigenvalue weighted by Crippen LogP contribution is -2.50. The molecule has 1 aromatic carbocycles. The average molecular weight is 473 g/mol. The van der Waals surface area contributed by atoms with Crippen LogP contribution >= 0.6 is 11.3 Å². The fraction of sp³-hybridized carbons (Fsp3) is 0.571. The second-order valence-corrected chi connectivity index (χ2v) is 9.46. The van der Waals surface area contributed by atoms with Crippen molar-refractivity contribution in [3.8, 4) is 5.75 Å². The summed E-state index contributed by atoms with van der Waals surface area (Å²) < 4.78 is 41.6. The van der Waals surface area contributed by atoms with Gasteiger partial charge in [-0.15, -0.1) is 13.2 Å². The van der Waals surface area contributed by atoms with Gasteiger partial charge in [0.2, 0.25) is 11.8 Å². The van der Waals surface area contributed by atoms with E-state index in [2.05, 4.69) is 15.0 Å². The van der Waals surface area contributed by atoms with Gasteiger partial charge in [-0.25, -0.2) is 4.98 Å². The molecule has 1 fully saturated rings. The molecule has 1 N–H and O–H groups in total. The zero-order valence-electron chi connectivity index (χ0n) is 18.4. The first-order valence-electron chi connectivity index (χ1n) is 10.4. The monoisotopic (exact) mass is 472 g/mol. The zero-order chi connectivity index (χ0) is 23.6. The van der Waals surface area contributed by atoms with Crippen molar-refractivity contribution >= 4 is 38.5 Å². The molecule has 1 aromatic heterocycles. The molecule has 1 aliphatic rings. The summed E-state index contributed by atoms with van der Waals surface area (Å²) in [6.45, 7) is 4.62. The molecule has 7 nitrogen and oxygen atoms in total. The van der Waals surface area contributed by atoms with E-state index in [9.17, 15) is 22.8 Å². The number of ether oxygens (including phenoxy) is 1. The number of benzene rings is 1. The molecule has 1 saturated heterocycles. The molecule has 3 rings (SSSR count). The predicted molar refractivity (Wildman–Crippen MR) is 117 cm³/mol. The van der Waals surface area contributed by atoms with Crippen molar-refractivity contribution < 1.29 is 27.5 Å². The zero-order valence-corrected chi connectivity index (χ0v) is 19.2. The number of anilines is 1. The van der Waals surface area contributed by atoms with E-state index in [-0.39, 0.29) is 42.0 Å². The molecule has 0 saturated carbocycles. The molecular formula is C21H27F3N4O3S. The molecule has 0 unspecified atom stereocenters. The Bertz CT molecular complexity index is 969. The number of aromatic nitrogens is 1. The third-order valence-electron chi connectivity index (χ3n) is 5.36. The number of hydrogen-bond acceptors (Lipinski definition) is 6. The van der Waals surface area contributed by atoms with Crippen molar-refractivity contribution in [3.05, 3.63) is 18.2 Å². The third-order valence-corrected chi connectivity index (χ3v) is 6.30. The first kappa shape index (κ1) is 24.2. The third kappa shape index (κ3) is 5.89. The van der Waals surface area contributed by atoms with Gasteiger partial charge >= 0.3 is 6.36 Å². The van der Waals surface area contributed by atoms with Crippen LogP contribution in [0, 0.1) is 5.92 Å². The summed E-state index contributed by atoms with van der Waals surface area (Å²) >= 11 is 1.07. The number of amides is 2. The van der Waals surface area contributed by atoms with Crippen LogP contribution in [0.2, 0.25) is 0 Å². The lowest BCUT2D eigenvalue weighted by Gasteiger charge is -2.33. The summed E-state index contributed by atoms with van der Waals surface area (Å²) in [6.07, 6.45) is -3.05. The summed E-state index contributed by atoms with van der Waals surface area (Å²) in [5.74, 6) is -0.460. The van der Waals surface area contributed by atoms with Gasteiger partial charge in [-0.3, -0.25) is 14.5 Å². The Kier molecular flexibility index (Phi) is 7.29. The van der Waals surface area contributed by atoms with Crippen LogP contribution in [0.3, 0.4) is 0 Å². The number of nitrogens with one attached hydrogen (secondary N) is 1. The fourth-order valence-electron chi connectivity index (χ4n) is 4.15. The standard InChI is InChI=1S/C21H27F3N4O3S/c1-12(2)18(27(3)4)19(30)28-9-5-6-13(28)10-17(29)26-20-25-15-8-7-14(11-16(15)32-20)31-21(22,23)24/h7-8,11-13,18H,5-6,9-10H2,1-4H3,(H,25,26,29)/t13-,18+/m1/s1. The minimum atomic E-state index is -4.78. The normalized spacial score (nSPS) is 17.9. The topological polar surface area (TPSA) is 74.8 Å². The lowest BCUT2D eigenvalue weighted by molar-refractivity contribution is -0.274. The van der Waals surface area contributed by atoms with Crippen LogP contribution in [0.4, 0.5) is 18.3 Å². The quantitative estimate of drug-likeness (QED) is 0.657. The van der Waals surface area contributed by atoms with E-state index >= 15 is 0 Å². The summed E-state index contributed by atoms with van der Waals surface area (Å²) in [4.78, 5) is 33.7. The predicted octanol–water partition coefficient (Wildman–Crippen LogP) is 4.10. The Morgan fingerprint density at radius 2 is 2.06 bits per heavy atom. The smallest absolute Gasteiger partial charge is 0.406 e. The van der Waals surface area contributed by atoms with Crippen LogP contribution in [0.5, 0.6) is 5.75 Å². The molecule has 176 valence electrons. The number of thiazole rings is 1. The van der Waals surface area contributed by atoms with Crippen molar-refractivity contribution in [2.45, 2.75) is 51.6 Å². The highest BCUT2D eigenvalue weighted by molar-refractivity contribution is 7.22. The lowest BCUT2D eigenvalue weighted by atomic mass is 10.0. The maximum Gasteiger partial charge on any atom is 0.573 e. The van der Waals surface area contributed by atoms with Crippen LogP contribution in [0.15, 0.2) is 18.2 Å². The highest BCUT2D eigenvalue weighted by atomic mass is 32.1. The average Bonchev–Trinajstić information content (AvgIpc) is 3.25. The van der Waals surface area contributed by atoms with Gasteiger partial charge in [-0.2, -0.15) is 0 Å². The van der Waals surface area contributed by atoms with E-state index in [1.807, 2.05) is 32.8 Å². The first-order valence-corrected chi connectivity index (χ1v) is 11.2. The van der Waals surface area contributed by atoms with E-state index < -0.39 is 6.36 Å².